The second-order valence-electron chi connectivity index (χ2n) is 6.57. The first-order valence-corrected chi connectivity index (χ1v) is 8.27. The Hall–Kier alpha value is -0.160. The molecule has 0 aromatic carbocycles. The Morgan fingerprint density at radius 1 is 1.15 bits per heavy atom. The van der Waals surface area contributed by atoms with E-state index in [1.807, 2.05) is 0 Å². The predicted octanol–water partition coefficient (Wildman–Crippen LogP) is 1.81. The van der Waals surface area contributed by atoms with E-state index in [4.69, 9.17) is 4.74 Å². The minimum absolute atomic E-state index is 0.419. The fourth-order valence-electron chi connectivity index (χ4n) is 2.71. The maximum Gasteiger partial charge on any atom is 0.0707 e. The van der Waals surface area contributed by atoms with Crippen molar-refractivity contribution >= 4 is 0 Å². The molecule has 2 unspecified atom stereocenters. The summed E-state index contributed by atoms with van der Waals surface area (Å²) in [4.78, 5) is 4.79. The molecule has 0 spiro atoms. The summed E-state index contributed by atoms with van der Waals surface area (Å²) >= 11 is 0. The normalized spacial score (nSPS) is 23.4. The molecular formula is C16H35N3O. The Kier molecular flexibility index (Phi) is 8.69. The molecule has 20 heavy (non-hydrogen) atoms. The van der Waals surface area contributed by atoms with Crippen LogP contribution in [-0.2, 0) is 4.74 Å². The van der Waals surface area contributed by atoms with E-state index in [1.54, 1.807) is 0 Å². The maximum atomic E-state index is 6.16. The first-order valence-electron chi connectivity index (χ1n) is 8.27. The average molecular weight is 285 g/mol. The van der Waals surface area contributed by atoms with Gasteiger partial charge in [0, 0.05) is 19.1 Å². The maximum absolute atomic E-state index is 6.16. The monoisotopic (exact) mass is 285 g/mol. The molecule has 0 bridgehead atoms. The van der Waals surface area contributed by atoms with Gasteiger partial charge in [0.15, 0.2) is 0 Å². The van der Waals surface area contributed by atoms with Crippen molar-refractivity contribution in [2.24, 2.45) is 0 Å². The van der Waals surface area contributed by atoms with Crippen molar-refractivity contribution in [3.63, 3.8) is 0 Å². The van der Waals surface area contributed by atoms with E-state index < -0.39 is 0 Å². The number of hydrogen-bond acceptors (Lipinski definition) is 4. The fourth-order valence-corrected chi connectivity index (χ4v) is 2.71. The molecular weight excluding hydrogens is 250 g/mol. The van der Waals surface area contributed by atoms with Crippen LogP contribution in [0.3, 0.4) is 0 Å². The van der Waals surface area contributed by atoms with Crippen LogP contribution in [0.15, 0.2) is 0 Å². The van der Waals surface area contributed by atoms with E-state index in [0.29, 0.717) is 18.2 Å². The molecule has 2 atom stereocenters. The third kappa shape index (κ3) is 7.58. The lowest BCUT2D eigenvalue weighted by atomic mass is 10.2. The van der Waals surface area contributed by atoms with Crippen molar-refractivity contribution in [1.82, 2.24) is 15.1 Å². The fraction of sp³-hybridized carbons (Fsp3) is 1.00. The molecule has 0 amide bonds. The Morgan fingerprint density at radius 3 is 2.45 bits per heavy atom. The van der Waals surface area contributed by atoms with Gasteiger partial charge in [0.05, 0.1) is 12.2 Å². The van der Waals surface area contributed by atoms with E-state index >= 15 is 0 Å². The predicted molar refractivity (Wildman–Crippen MR) is 86.3 cm³/mol. The summed E-state index contributed by atoms with van der Waals surface area (Å²) in [6, 6.07) is 0.552. The van der Waals surface area contributed by atoms with Crippen LogP contribution in [0, 0.1) is 0 Å². The second kappa shape index (κ2) is 9.72. The molecule has 120 valence electrons. The summed E-state index contributed by atoms with van der Waals surface area (Å²) < 4.78 is 6.16. The molecule has 0 aromatic heterocycles. The highest BCUT2D eigenvalue weighted by atomic mass is 16.5. The van der Waals surface area contributed by atoms with Crippen LogP contribution in [-0.4, -0.2) is 74.9 Å². The van der Waals surface area contributed by atoms with E-state index in [9.17, 15) is 0 Å². The van der Waals surface area contributed by atoms with Gasteiger partial charge in [-0.25, -0.2) is 0 Å². The topological polar surface area (TPSA) is 27.7 Å². The molecule has 0 aliphatic carbocycles. The summed E-state index contributed by atoms with van der Waals surface area (Å²) in [7, 11) is 4.28. The molecule has 1 N–H and O–H groups in total. The Balaban J connectivity index is 2.19. The lowest BCUT2D eigenvalue weighted by molar-refractivity contribution is 0.0230. The van der Waals surface area contributed by atoms with Gasteiger partial charge in [-0.15, -0.1) is 0 Å². The lowest BCUT2D eigenvalue weighted by Gasteiger charge is -2.25. The molecule has 4 heteroatoms. The van der Waals surface area contributed by atoms with E-state index in [1.165, 1.54) is 32.4 Å². The van der Waals surface area contributed by atoms with Crippen LogP contribution < -0.4 is 5.32 Å². The third-order valence-electron chi connectivity index (χ3n) is 3.94. The second-order valence-corrected chi connectivity index (χ2v) is 6.57. The van der Waals surface area contributed by atoms with Crippen molar-refractivity contribution in [2.45, 2.75) is 58.3 Å². The molecule has 0 radical (unpaired) electrons. The zero-order valence-electron chi connectivity index (χ0n) is 14.2. The van der Waals surface area contributed by atoms with Gasteiger partial charge in [-0.05, 0) is 53.0 Å². The Morgan fingerprint density at radius 2 is 1.85 bits per heavy atom. The molecule has 1 heterocycles. The zero-order valence-corrected chi connectivity index (χ0v) is 14.2. The summed E-state index contributed by atoms with van der Waals surface area (Å²) in [6.45, 7) is 12.2. The minimum atomic E-state index is 0.419. The Labute approximate surface area is 125 Å². The number of rotatable bonds is 10. The van der Waals surface area contributed by atoms with Crippen LogP contribution >= 0.6 is 0 Å². The molecule has 0 aromatic rings. The largest absolute Gasteiger partial charge is 0.372 e. The van der Waals surface area contributed by atoms with Crippen molar-refractivity contribution in [1.29, 1.82) is 0 Å². The quantitative estimate of drug-likeness (QED) is 0.662. The van der Waals surface area contributed by atoms with Gasteiger partial charge in [-0.3, -0.25) is 0 Å². The summed E-state index contributed by atoms with van der Waals surface area (Å²) in [5.41, 5.74) is 0. The third-order valence-corrected chi connectivity index (χ3v) is 3.94. The SMILES string of the molecule is CCN(CCCN(C)C)CC1CCC(CNC(C)C)O1. The standard InChI is InChI=1S/C16H35N3O/c1-6-19(11-7-10-18(4)5)13-16-9-8-15(20-16)12-17-14(2)3/h14-17H,6-13H2,1-5H3. The molecule has 1 saturated heterocycles. The van der Waals surface area contributed by atoms with E-state index in [-0.39, 0.29) is 0 Å². The molecule has 1 fully saturated rings. The number of hydrogen-bond donors (Lipinski definition) is 1. The van der Waals surface area contributed by atoms with Gasteiger partial charge in [0.2, 0.25) is 0 Å². The number of likely N-dealkylation sites (N-methyl/N-ethyl adjacent to an activating group) is 1. The van der Waals surface area contributed by atoms with Gasteiger partial charge >= 0.3 is 0 Å². The lowest BCUT2D eigenvalue weighted by Crippen LogP contribution is -2.36. The highest BCUT2D eigenvalue weighted by molar-refractivity contribution is 4.78. The summed E-state index contributed by atoms with van der Waals surface area (Å²) in [6.07, 6.45) is 4.52. The zero-order chi connectivity index (χ0) is 15.0. The van der Waals surface area contributed by atoms with Crippen molar-refractivity contribution in [2.75, 3.05) is 46.8 Å². The molecule has 1 aliphatic rings. The van der Waals surface area contributed by atoms with Crippen molar-refractivity contribution in [3.8, 4) is 0 Å². The van der Waals surface area contributed by atoms with Gasteiger partial charge < -0.3 is 19.9 Å². The van der Waals surface area contributed by atoms with Gasteiger partial charge in [0.1, 0.15) is 0 Å². The molecule has 0 saturated carbocycles. The first kappa shape index (κ1) is 17.9. The molecule has 1 rings (SSSR count). The molecule has 4 nitrogen and oxygen atoms in total. The average Bonchev–Trinajstić information content (AvgIpc) is 2.82. The smallest absolute Gasteiger partial charge is 0.0707 e. The summed E-state index contributed by atoms with van der Waals surface area (Å²) in [5.74, 6) is 0. The van der Waals surface area contributed by atoms with Crippen molar-refractivity contribution in [3.05, 3.63) is 0 Å². The number of ether oxygens (including phenoxy) is 1. The van der Waals surface area contributed by atoms with Crippen molar-refractivity contribution < 1.29 is 4.74 Å². The highest BCUT2D eigenvalue weighted by Gasteiger charge is 2.26. The van der Waals surface area contributed by atoms with Gasteiger partial charge in [0.25, 0.3) is 0 Å². The van der Waals surface area contributed by atoms with E-state index in [0.717, 1.165) is 19.6 Å². The first-order chi connectivity index (χ1) is 9.51. The van der Waals surface area contributed by atoms with Crippen LogP contribution in [0.4, 0.5) is 0 Å². The van der Waals surface area contributed by atoms with Crippen LogP contribution in [0.2, 0.25) is 0 Å². The molecule has 1 aliphatic heterocycles. The Bertz CT molecular complexity index is 246. The minimum Gasteiger partial charge on any atom is -0.372 e. The number of nitrogens with zero attached hydrogens (tertiary/aromatic N) is 2. The highest BCUT2D eigenvalue weighted by Crippen LogP contribution is 2.20. The number of nitrogens with one attached hydrogen (secondary N) is 1. The van der Waals surface area contributed by atoms with Crippen LogP contribution in [0.1, 0.15) is 40.0 Å². The van der Waals surface area contributed by atoms with Crippen LogP contribution in [0.25, 0.3) is 0 Å². The summed E-state index contributed by atoms with van der Waals surface area (Å²) in [5, 5.41) is 3.48. The van der Waals surface area contributed by atoms with Gasteiger partial charge in [-0.1, -0.05) is 20.8 Å². The van der Waals surface area contributed by atoms with Gasteiger partial charge in [-0.2, -0.15) is 0 Å². The van der Waals surface area contributed by atoms with Crippen LogP contribution in [0.5, 0.6) is 0 Å². The van der Waals surface area contributed by atoms with E-state index in [2.05, 4.69) is 50.0 Å².